The molecule has 2 aromatic rings. The first-order chi connectivity index (χ1) is 13.2. The van der Waals surface area contributed by atoms with Crippen LogP contribution in [0.5, 0.6) is 5.88 Å². The molecule has 0 fully saturated rings. The highest BCUT2D eigenvalue weighted by Gasteiger charge is 2.29. The van der Waals surface area contributed by atoms with Crippen LogP contribution in [0.1, 0.15) is 25.0 Å². The average Bonchev–Trinajstić information content (AvgIpc) is 3.18. The molecule has 154 valence electrons. The maximum absolute atomic E-state index is 12.4. The Hall–Kier alpha value is -2.33. The number of aliphatic imine (C=N–C) groups is 1. The molecule has 2 rings (SSSR count). The third-order valence-corrected chi connectivity index (χ3v) is 4.40. The fourth-order valence-electron chi connectivity index (χ4n) is 2.26. The predicted molar refractivity (Wildman–Crippen MR) is 102 cm³/mol. The second kappa shape index (κ2) is 9.74. The van der Waals surface area contributed by atoms with Crippen molar-refractivity contribution in [1.82, 2.24) is 15.6 Å². The lowest BCUT2D eigenvalue weighted by Gasteiger charge is -2.24. The Labute approximate surface area is 165 Å². The van der Waals surface area contributed by atoms with Gasteiger partial charge < -0.3 is 20.5 Å². The lowest BCUT2D eigenvalue weighted by atomic mass is 9.99. The van der Waals surface area contributed by atoms with Crippen molar-refractivity contribution in [2.45, 2.75) is 32.2 Å². The van der Waals surface area contributed by atoms with Crippen molar-refractivity contribution in [2.24, 2.45) is 4.99 Å². The van der Waals surface area contributed by atoms with Crippen LogP contribution >= 0.6 is 11.3 Å². The maximum atomic E-state index is 12.4. The largest absolute Gasteiger partial charge is 0.468 e. The van der Waals surface area contributed by atoms with Gasteiger partial charge in [0, 0.05) is 18.3 Å². The number of hydrogen-bond donors (Lipinski definition) is 3. The summed E-state index contributed by atoms with van der Waals surface area (Å²) < 4.78 is 42.0. The van der Waals surface area contributed by atoms with Crippen molar-refractivity contribution in [2.75, 3.05) is 19.7 Å². The topological polar surface area (TPSA) is 78.8 Å². The molecule has 0 saturated heterocycles. The Kier molecular flexibility index (Phi) is 7.64. The van der Waals surface area contributed by atoms with Gasteiger partial charge in [0.1, 0.15) is 5.60 Å². The molecule has 0 amide bonds. The number of alkyl halides is 3. The standard InChI is InChI=1S/C18H23F3N4O2S/c1-3-22-16(25-11-17(2,26)14-6-8-28-10-14)24-9-13-5-4-7-23-15(13)27-12-18(19,20)21/h4-8,10,26H,3,9,11-12H2,1-2H3,(H2,22,24,25). The molecule has 0 aliphatic heterocycles. The van der Waals surface area contributed by atoms with E-state index in [-0.39, 0.29) is 19.0 Å². The van der Waals surface area contributed by atoms with Gasteiger partial charge in [0.2, 0.25) is 5.88 Å². The number of thiophene rings is 1. The number of halogens is 3. The summed E-state index contributed by atoms with van der Waals surface area (Å²) in [5.74, 6) is 0.313. The number of pyridine rings is 1. The number of hydrogen-bond acceptors (Lipinski definition) is 5. The van der Waals surface area contributed by atoms with Gasteiger partial charge >= 0.3 is 6.18 Å². The molecule has 10 heteroatoms. The lowest BCUT2D eigenvalue weighted by molar-refractivity contribution is -0.154. The van der Waals surface area contributed by atoms with Crippen LogP contribution in [0.3, 0.4) is 0 Å². The maximum Gasteiger partial charge on any atom is 0.422 e. The second-order valence-electron chi connectivity index (χ2n) is 6.21. The van der Waals surface area contributed by atoms with Crippen molar-refractivity contribution in [1.29, 1.82) is 0 Å². The molecule has 0 aromatic carbocycles. The Balaban J connectivity index is 2.04. The molecule has 6 nitrogen and oxygen atoms in total. The Morgan fingerprint density at radius 1 is 1.32 bits per heavy atom. The van der Waals surface area contributed by atoms with Gasteiger partial charge in [-0.3, -0.25) is 0 Å². The molecule has 0 aliphatic rings. The number of aliphatic hydroxyl groups is 1. The van der Waals surface area contributed by atoms with Crippen LogP contribution in [0, 0.1) is 0 Å². The van der Waals surface area contributed by atoms with E-state index in [4.69, 9.17) is 4.74 Å². The molecule has 1 atom stereocenters. The monoisotopic (exact) mass is 416 g/mol. The van der Waals surface area contributed by atoms with E-state index in [0.717, 1.165) is 5.56 Å². The van der Waals surface area contributed by atoms with Crippen LogP contribution in [0.25, 0.3) is 0 Å². The number of ether oxygens (including phenoxy) is 1. The molecule has 0 spiro atoms. The van der Waals surface area contributed by atoms with Crippen molar-refractivity contribution in [3.05, 3.63) is 46.3 Å². The fraction of sp³-hybridized carbons (Fsp3) is 0.444. The summed E-state index contributed by atoms with van der Waals surface area (Å²) >= 11 is 1.49. The molecule has 0 aliphatic carbocycles. The van der Waals surface area contributed by atoms with Gasteiger partial charge in [-0.15, -0.1) is 0 Å². The third kappa shape index (κ3) is 7.01. The van der Waals surface area contributed by atoms with Gasteiger partial charge in [-0.05, 0) is 42.3 Å². The van der Waals surface area contributed by atoms with E-state index in [1.54, 1.807) is 19.1 Å². The summed E-state index contributed by atoms with van der Waals surface area (Å²) in [6, 6.07) is 5.05. The van der Waals surface area contributed by atoms with Gasteiger partial charge in [-0.25, -0.2) is 9.98 Å². The number of nitrogens with zero attached hydrogens (tertiary/aromatic N) is 2. The minimum Gasteiger partial charge on any atom is -0.468 e. The summed E-state index contributed by atoms with van der Waals surface area (Å²) in [7, 11) is 0. The van der Waals surface area contributed by atoms with E-state index in [1.807, 2.05) is 23.8 Å². The minimum atomic E-state index is -4.44. The fourth-order valence-corrected chi connectivity index (χ4v) is 3.04. The summed E-state index contributed by atoms with van der Waals surface area (Å²) in [5.41, 5.74) is 0.121. The van der Waals surface area contributed by atoms with Gasteiger partial charge in [-0.1, -0.05) is 6.07 Å². The minimum absolute atomic E-state index is 0.0664. The summed E-state index contributed by atoms with van der Waals surface area (Å²) in [6.07, 6.45) is -3.08. The van der Waals surface area contributed by atoms with Crippen LogP contribution < -0.4 is 15.4 Å². The molecular weight excluding hydrogens is 393 g/mol. The van der Waals surface area contributed by atoms with E-state index in [1.165, 1.54) is 17.5 Å². The predicted octanol–water partition coefficient (Wildman–Crippen LogP) is 3.05. The molecule has 2 aromatic heterocycles. The highest BCUT2D eigenvalue weighted by Crippen LogP contribution is 2.22. The van der Waals surface area contributed by atoms with E-state index >= 15 is 0 Å². The Morgan fingerprint density at radius 3 is 2.75 bits per heavy atom. The zero-order chi connectivity index (χ0) is 20.6. The van der Waals surface area contributed by atoms with Crippen LogP contribution in [-0.4, -0.2) is 41.9 Å². The number of aromatic nitrogens is 1. The quantitative estimate of drug-likeness (QED) is 0.455. The molecule has 28 heavy (non-hydrogen) atoms. The lowest BCUT2D eigenvalue weighted by Crippen LogP contribution is -2.44. The van der Waals surface area contributed by atoms with Gasteiger partial charge in [0.05, 0.1) is 13.1 Å². The number of guanidine groups is 1. The van der Waals surface area contributed by atoms with Gasteiger partial charge in [0.25, 0.3) is 0 Å². The molecule has 0 saturated carbocycles. The Bertz CT molecular complexity index is 764. The van der Waals surface area contributed by atoms with E-state index < -0.39 is 18.4 Å². The second-order valence-corrected chi connectivity index (χ2v) is 6.99. The molecule has 3 N–H and O–H groups in total. The smallest absolute Gasteiger partial charge is 0.422 e. The molecule has 0 radical (unpaired) electrons. The highest BCUT2D eigenvalue weighted by atomic mass is 32.1. The van der Waals surface area contributed by atoms with Gasteiger partial charge in [-0.2, -0.15) is 24.5 Å². The first kappa shape index (κ1) is 22.0. The first-order valence-electron chi connectivity index (χ1n) is 8.62. The third-order valence-electron chi connectivity index (χ3n) is 3.72. The van der Waals surface area contributed by atoms with Crippen molar-refractivity contribution >= 4 is 17.3 Å². The highest BCUT2D eigenvalue weighted by molar-refractivity contribution is 7.08. The number of nitrogens with one attached hydrogen (secondary N) is 2. The van der Waals surface area contributed by atoms with Crippen molar-refractivity contribution < 1.29 is 23.0 Å². The molecule has 0 bridgehead atoms. The summed E-state index contributed by atoms with van der Waals surface area (Å²) in [6.45, 7) is 3.02. The SMILES string of the molecule is CCNC(=NCc1cccnc1OCC(F)(F)F)NCC(C)(O)c1ccsc1. The summed E-state index contributed by atoms with van der Waals surface area (Å²) in [5, 5.41) is 20.4. The Morgan fingerprint density at radius 2 is 2.11 bits per heavy atom. The zero-order valence-electron chi connectivity index (χ0n) is 15.6. The van der Waals surface area contributed by atoms with Crippen LogP contribution in [0.2, 0.25) is 0 Å². The van der Waals surface area contributed by atoms with Crippen molar-refractivity contribution in [3.63, 3.8) is 0 Å². The van der Waals surface area contributed by atoms with Crippen LogP contribution in [0.15, 0.2) is 40.1 Å². The van der Waals surface area contributed by atoms with Crippen LogP contribution in [-0.2, 0) is 12.1 Å². The number of rotatable bonds is 8. The molecule has 2 heterocycles. The zero-order valence-corrected chi connectivity index (χ0v) is 16.4. The van der Waals surface area contributed by atoms with Crippen LogP contribution in [0.4, 0.5) is 13.2 Å². The molecular formula is C18H23F3N4O2S. The van der Waals surface area contributed by atoms with E-state index in [9.17, 15) is 18.3 Å². The van der Waals surface area contributed by atoms with E-state index in [2.05, 4.69) is 20.6 Å². The van der Waals surface area contributed by atoms with Gasteiger partial charge in [0.15, 0.2) is 12.6 Å². The normalized spacial score (nSPS) is 14.4. The summed E-state index contributed by atoms with van der Waals surface area (Å²) in [4.78, 5) is 8.21. The van der Waals surface area contributed by atoms with Crippen molar-refractivity contribution in [3.8, 4) is 5.88 Å². The van der Waals surface area contributed by atoms with E-state index in [0.29, 0.717) is 18.1 Å². The first-order valence-corrected chi connectivity index (χ1v) is 9.56. The molecule has 1 unspecified atom stereocenters. The average molecular weight is 416 g/mol.